The summed E-state index contributed by atoms with van der Waals surface area (Å²) in [5.74, 6) is -0.00345. The SMILES string of the molecule is CCOc1cc(/C=C2\SC(=S)N(C(C(=O)OC)c3ccccc3)C2=O)cc(Br)c1OCc1ccc(Cl)cc1Cl. The number of thiocarbonyl (C=S) groups is 1. The maximum absolute atomic E-state index is 13.5. The zero-order chi connectivity index (χ0) is 28.1. The van der Waals surface area contributed by atoms with Crippen molar-refractivity contribution in [3.05, 3.63) is 96.8 Å². The standard InChI is InChI=1S/C28H22BrCl2NO5S2/c1-3-36-22-12-16(11-20(29)25(22)37-15-18-9-10-19(30)14-21(18)31)13-23-26(33)32(28(38)39-23)24(27(34)35-2)17-7-5-4-6-8-17/h4-14,24H,3,15H2,1-2H3/b23-13-. The number of halogens is 3. The van der Waals surface area contributed by atoms with Gasteiger partial charge in [-0.15, -0.1) is 0 Å². The van der Waals surface area contributed by atoms with Crippen molar-refractivity contribution in [1.29, 1.82) is 0 Å². The van der Waals surface area contributed by atoms with Crippen LogP contribution in [0.25, 0.3) is 6.08 Å². The van der Waals surface area contributed by atoms with Crippen molar-refractivity contribution in [2.45, 2.75) is 19.6 Å². The topological polar surface area (TPSA) is 65.1 Å². The van der Waals surface area contributed by atoms with E-state index in [1.165, 1.54) is 12.0 Å². The van der Waals surface area contributed by atoms with Crippen LogP contribution in [0, 0.1) is 0 Å². The van der Waals surface area contributed by atoms with Gasteiger partial charge in [0.05, 0.1) is 23.1 Å². The van der Waals surface area contributed by atoms with E-state index in [-0.39, 0.29) is 10.9 Å². The Kier molecular flexibility index (Phi) is 9.96. The fraction of sp³-hybridized carbons (Fsp3) is 0.179. The van der Waals surface area contributed by atoms with Crippen molar-refractivity contribution >= 4 is 85.4 Å². The minimum Gasteiger partial charge on any atom is -0.490 e. The van der Waals surface area contributed by atoms with Gasteiger partial charge in [-0.3, -0.25) is 9.69 Å². The predicted octanol–water partition coefficient (Wildman–Crippen LogP) is 7.85. The molecule has 0 aliphatic carbocycles. The van der Waals surface area contributed by atoms with E-state index in [0.717, 1.165) is 17.3 Å². The molecule has 202 valence electrons. The second-order valence-corrected chi connectivity index (χ2v) is 11.5. The third kappa shape index (κ3) is 6.78. The van der Waals surface area contributed by atoms with Gasteiger partial charge in [0.25, 0.3) is 5.91 Å². The second-order valence-electron chi connectivity index (χ2n) is 8.18. The van der Waals surface area contributed by atoms with Gasteiger partial charge in [0.2, 0.25) is 0 Å². The van der Waals surface area contributed by atoms with Crippen molar-refractivity contribution in [3.8, 4) is 11.5 Å². The smallest absolute Gasteiger partial charge is 0.333 e. The largest absolute Gasteiger partial charge is 0.490 e. The van der Waals surface area contributed by atoms with Crippen LogP contribution in [0.3, 0.4) is 0 Å². The number of thioether (sulfide) groups is 1. The Balaban J connectivity index is 1.63. The van der Waals surface area contributed by atoms with Crippen LogP contribution in [0.15, 0.2) is 70.0 Å². The first kappa shape index (κ1) is 29.4. The quantitative estimate of drug-likeness (QED) is 0.131. The molecule has 1 unspecified atom stereocenters. The maximum Gasteiger partial charge on any atom is 0.333 e. The van der Waals surface area contributed by atoms with Gasteiger partial charge in [0.1, 0.15) is 10.9 Å². The zero-order valence-electron chi connectivity index (χ0n) is 20.8. The van der Waals surface area contributed by atoms with Gasteiger partial charge in [-0.1, -0.05) is 83.6 Å². The van der Waals surface area contributed by atoms with Gasteiger partial charge in [0, 0.05) is 15.6 Å². The Bertz CT molecular complexity index is 1450. The van der Waals surface area contributed by atoms with E-state index >= 15 is 0 Å². The van der Waals surface area contributed by atoms with Crippen LogP contribution in [0.5, 0.6) is 11.5 Å². The number of nitrogens with zero attached hydrogens (tertiary/aromatic N) is 1. The molecule has 1 atom stereocenters. The Morgan fingerprint density at radius 3 is 2.54 bits per heavy atom. The number of hydrogen-bond donors (Lipinski definition) is 0. The van der Waals surface area contributed by atoms with E-state index in [0.29, 0.717) is 48.7 Å². The molecule has 3 aromatic rings. The number of hydrogen-bond acceptors (Lipinski definition) is 7. The highest BCUT2D eigenvalue weighted by Gasteiger charge is 2.42. The van der Waals surface area contributed by atoms with Gasteiger partial charge in [-0.2, -0.15) is 0 Å². The summed E-state index contributed by atoms with van der Waals surface area (Å²) < 4.78 is 17.8. The molecule has 0 spiro atoms. The number of carbonyl (C=O) groups excluding carboxylic acids is 2. The summed E-state index contributed by atoms with van der Waals surface area (Å²) in [6, 6.07) is 16.7. The number of ether oxygens (including phenoxy) is 3. The molecular formula is C28H22BrCl2NO5S2. The Labute approximate surface area is 254 Å². The molecule has 39 heavy (non-hydrogen) atoms. The molecule has 1 aliphatic heterocycles. The van der Waals surface area contributed by atoms with E-state index in [1.54, 1.807) is 54.6 Å². The summed E-state index contributed by atoms with van der Waals surface area (Å²) in [5, 5.41) is 1.03. The van der Waals surface area contributed by atoms with Crippen LogP contribution in [0.4, 0.5) is 0 Å². The average molecular weight is 667 g/mol. The predicted molar refractivity (Wildman–Crippen MR) is 162 cm³/mol. The molecule has 0 radical (unpaired) electrons. The molecule has 1 heterocycles. The molecule has 0 bridgehead atoms. The molecule has 1 fully saturated rings. The molecular weight excluding hydrogens is 645 g/mol. The number of esters is 1. The number of amides is 1. The Morgan fingerprint density at radius 2 is 1.87 bits per heavy atom. The summed E-state index contributed by atoms with van der Waals surface area (Å²) >= 11 is 22.5. The van der Waals surface area contributed by atoms with Crippen LogP contribution in [0.1, 0.15) is 29.7 Å². The van der Waals surface area contributed by atoms with E-state index in [4.69, 9.17) is 49.6 Å². The first-order valence-electron chi connectivity index (χ1n) is 11.7. The van der Waals surface area contributed by atoms with Gasteiger partial charge < -0.3 is 14.2 Å². The van der Waals surface area contributed by atoms with E-state index in [1.807, 2.05) is 19.1 Å². The third-order valence-corrected chi connectivity index (χ3v) is 8.14. The average Bonchev–Trinajstić information content (AvgIpc) is 3.17. The van der Waals surface area contributed by atoms with Crippen LogP contribution in [-0.4, -0.2) is 34.8 Å². The molecule has 1 aliphatic rings. The van der Waals surface area contributed by atoms with E-state index in [2.05, 4.69) is 15.9 Å². The van der Waals surface area contributed by atoms with Crippen LogP contribution in [0.2, 0.25) is 10.0 Å². The minimum absolute atomic E-state index is 0.196. The number of methoxy groups -OCH3 is 1. The summed E-state index contributed by atoms with van der Waals surface area (Å²) in [5.41, 5.74) is 2.05. The lowest BCUT2D eigenvalue weighted by Gasteiger charge is -2.24. The third-order valence-electron chi connectivity index (χ3n) is 5.64. The first-order chi connectivity index (χ1) is 18.7. The summed E-state index contributed by atoms with van der Waals surface area (Å²) in [7, 11) is 1.28. The molecule has 1 amide bonds. The Hall–Kier alpha value is -2.56. The minimum atomic E-state index is -0.990. The van der Waals surface area contributed by atoms with Crippen LogP contribution < -0.4 is 9.47 Å². The lowest BCUT2D eigenvalue weighted by molar-refractivity contribution is -0.148. The summed E-state index contributed by atoms with van der Waals surface area (Å²) in [4.78, 5) is 27.8. The highest BCUT2D eigenvalue weighted by molar-refractivity contribution is 9.10. The molecule has 6 nitrogen and oxygen atoms in total. The molecule has 0 aromatic heterocycles. The monoisotopic (exact) mass is 665 g/mol. The van der Waals surface area contributed by atoms with Crippen molar-refractivity contribution in [2.75, 3.05) is 13.7 Å². The van der Waals surface area contributed by atoms with Crippen LogP contribution in [-0.2, 0) is 20.9 Å². The molecule has 4 rings (SSSR count). The maximum atomic E-state index is 13.5. The Morgan fingerprint density at radius 1 is 1.13 bits per heavy atom. The van der Waals surface area contributed by atoms with E-state index in [9.17, 15) is 9.59 Å². The van der Waals surface area contributed by atoms with Crippen molar-refractivity contribution in [1.82, 2.24) is 4.90 Å². The molecule has 0 saturated carbocycles. The molecule has 11 heteroatoms. The second kappa shape index (κ2) is 13.2. The fourth-order valence-electron chi connectivity index (χ4n) is 3.85. The van der Waals surface area contributed by atoms with Gasteiger partial charge in [-0.05, 0) is 64.3 Å². The van der Waals surface area contributed by atoms with Crippen molar-refractivity contribution < 1.29 is 23.8 Å². The zero-order valence-corrected chi connectivity index (χ0v) is 25.5. The molecule has 1 saturated heterocycles. The van der Waals surface area contributed by atoms with Gasteiger partial charge >= 0.3 is 5.97 Å². The van der Waals surface area contributed by atoms with Gasteiger partial charge in [-0.25, -0.2) is 4.79 Å². The lowest BCUT2D eigenvalue weighted by Crippen LogP contribution is -2.37. The summed E-state index contributed by atoms with van der Waals surface area (Å²) in [6.07, 6.45) is 1.70. The number of carbonyl (C=O) groups is 2. The number of benzene rings is 3. The fourth-order valence-corrected chi connectivity index (χ4v) is 6.20. The van der Waals surface area contributed by atoms with Crippen molar-refractivity contribution in [3.63, 3.8) is 0 Å². The normalized spacial score (nSPS) is 15.0. The highest BCUT2D eigenvalue weighted by Crippen LogP contribution is 2.42. The first-order valence-corrected chi connectivity index (χ1v) is 14.4. The summed E-state index contributed by atoms with van der Waals surface area (Å²) in [6.45, 7) is 2.46. The van der Waals surface area contributed by atoms with E-state index < -0.39 is 17.9 Å². The molecule has 0 N–H and O–H groups in total. The van der Waals surface area contributed by atoms with Crippen LogP contribution >= 0.6 is 63.1 Å². The molecule has 3 aromatic carbocycles. The van der Waals surface area contributed by atoms with Crippen molar-refractivity contribution in [2.24, 2.45) is 0 Å². The lowest BCUT2D eigenvalue weighted by atomic mass is 10.1. The highest BCUT2D eigenvalue weighted by atomic mass is 79.9. The number of rotatable bonds is 9. The van der Waals surface area contributed by atoms with Gasteiger partial charge in [0.15, 0.2) is 17.5 Å².